The molecule has 8 heteroatoms. The minimum absolute atomic E-state index is 0.0137. The summed E-state index contributed by atoms with van der Waals surface area (Å²) < 4.78 is 22.0. The van der Waals surface area contributed by atoms with E-state index < -0.39 is 10.0 Å². The molecule has 0 unspecified atom stereocenters. The van der Waals surface area contributed by atoms with E-state index in [1.165, 1.54) is 4.88 Å². The Kier molecular flexibility index (Phi) is 6.64. The van der Waals surface area contributed by atoms with Gasteiger partial charge in [0, 0.05) is 17.2 Å². The number of nitrogens with one attached hydrogen (secondary N) is 1. The molecule has 1 heterocycles. The van der Waals surface area contributed by atoms with Crippen molar-refractivity contribution in [3.8, 4) is 0 Å². The minimum Gasteiger partial charge on any atom is -0.351 e. The Hall–Kier alpha value is -1.35. The second-order valence-corrected chi connectivity index (χ2v) is 8.60. The van der Waals surface area contributed by atoms with Gasteiger partial charge in [0.05, 0.1) is 11.5 Å². The van der Waals surface area contributed by atoms with Gasteiger partial charge < -0.3 is 5.32 Å². The van der Waals surface area contributed by atoms with Crippen LogP contribution in [0.4, 0.5) is 0 Å². The van der Waals surface area contributed by atoms with E-state index in [0.717, 1.165) is 11.3 Å². The SMILES string of the molecule is NS(=O)(=O)Cc1ccc(CNC(=O)CSCc2cccs2)cc1. The maximum absolute atomic E-state index is 11.8. The van der Waals surface area contributed by atoms with E-state index in [9.17, 15) is 13.2 Å². The number of carbonyl (C=O) groups excluding carboxylic acids is 1. The monoisotopic (exact) mass is 370 g/mol. The second kappa shape index (κ2) is 8.49. The van der Waals surface area contributed by atoms with Crippen molar-refractivity contribution in [3.63, 3.8) is 0 Å². The summed E-state index contributed by atoms with van der Waals surface area (Å²) in [5.74, 6) is 1.06. The quantitative estimate of drug-likeness (QED) is 0.744. The van der Waals surface area contributed by atoms with Crippen LogP contribution in [0, 0.1) is 0 Å². The normalized spacial score (nSPS) is 11.3. The molecule has 1 aromatic carbocycles. The van der Waals surface area contributed by atoms with E-state index in [1.54, 1.807) is 47.4 Å². The van der Waals surface area contributed by atoms with E-state index in [1.807, 2.05) is 11.4 Å². The Morgan fingerprint density at radius 3 is 2.48 bits per heavy atom. The van der Waals surface area contributed by atoms with Gasteiger partial charge in [-0.2, -0.15) is 0 Å². The summed E-state index contributed by atoms with van der Waals surface area (Å²) in [6.07, 6.45) is 0. The summed E-state index contributed by atoms with van der Waals surface area (Å²) in [7, 11) is -3.52. The molecule has 0 saturated heterocycles. The summed E-state index contributed by atoms with van der Waals surface area (Å²) in [5.41, 5.74) is 1.55. The van der Waals surface area contributed by atoms with Crippen LogP contribution in [0.2, 0.25) is 0 Å². The lowest BCUT2D eigenvalue weighted by Gasteiger charge is -2.06. The molecule has 0 spiro atoms. The first-order valence-corrected chi connectivity index (χ1v) is 10.6. The van der Waals surface area contributed by atoms with Crippen molar-refractivity contribution in [1.29, 1.82) is 0 Å². The number of sulfonamides is 1. The molecule has 0 radical (unpaired) electrons. The fourth-order valence-electron chi connectivity index (χ4n) is 1.88. The van der Waals surface area contributed by atoms with Crippen LogP contribution < -0.4 is 10.5 Å². The number of primary sulfonamides is 1. The summed E-state index contributed by atoms with van der Waals surface area (Å²) in [5, 5.41) is 9.87. The van der Waals surface area contributed by atoms with Crippen molar-refractivity contribution in [2.45, 2.75) is 18.1 Å². The first-order valence-electron chi connectivity index (χ1n) is 6.87. The van der Waals surface area contributed by atoms with Gasteiger partial charge in [-0.3, -0.25) is 4.79 Å². The number of thioether (sulfide) groups is 1. The number of carbonyl (C=O) groups is 1. The van der Waals surface area contributed by atoms with Gasteiger partial charge in [-0.15, -0.1) is 23.1 Å². The van der Waals surface area contributed by atoms with Crippen LogP contribution in [0.5, 0.6) is 0 Å². The van der Waals surface area contributed by atoms with Gasteiger partial charge in [-0.25, -0.2) is 13.6 Å². The van der Waals surface area contributed by atoms with Crippen LogP contribution in [-0.4, -0.2) is 20.1 Å². The average Bonchev–Trinajstić information content (AvgIpc) is 2.98. The molecule has 1 amide bonds. The summed E-state index contributed by atoms with van der Waals surface area (Å²) in [4.78, 5) is 13.0. The summed E-state index contributed by atoms with van der Waals surface area (Å²) in [6.45, 7) is 0.425. The molecule has 0 saturated carbocycles. The number of benzene rings is 1. The molecule has 0 aliphatic heterocycles. The highest BCUT2D eigenvalue weighted by atomic mass is 32.2. The standard InChI is InChI=1S/C15H18N2O3S3/c16-23(19,20)11-13-5-3-12(4-6-13)8-17-15(18)10-21-9-14-2-1-7-22-14/h1-7H,8-11H2,(H,17,18)(H2,16,19,20). The molecule has 0 fully saturated rings. The topological polar surface area (TPSA) is 89.3 Å². The fraction of sp³-hybridized carbons (Fsp3) is 0.267. The molecular weight excluding hydrogens is 352 g/mol. The molecule has 2 aromatic rings. The highest BCUT2D eigenvalue weighted by Gasteiger charge is 2.06. The van der Waals surface area contributed by atoms with Gasteiger partial charge in [0.15, 0.2) is 0 Å². The molecule has 2 rings (SSSR count). The first kappa shape index (κ1) is 18.0. The zero-order valence-corrected chi connectivity index (χ0v) is 14.8. The molecule has 3 N–H and O–H groups in total. The van der Waals surface area contributed by atoms with Gasteiger partial charge in [-0.05, 0) is 22.6 Å². The van der Waals surface area contributed by atoms with Crippen molar-refractivity contribution < 1.29 is 13.2 Å². The number of amides is 1. The summed E-state index contributed by atoms with van der Waals surface area (Å²) >= 11 is 3.27. The van der Waals surface area contributed by atoms with Gasteiger partial charge in [-0.1, -0.05) is 30.3 Å². The Morgan fingerprint density at radius 1 is 1.17 bits per heavy atom. The highest BCUT2D eigenvalue weighted by molar-refractivity contribution is 7.99. The predicted octanol–water partition coefficient (Wildman–Crippen LogP) is 2.09. The van der Waals surface area contributed by atoms with Gasteiger partial charge in [0.25, 0.3) is 0 Å². The van der Waals surface area contributed by atoms with E-state index in [0.29, 0.717) is 17.9 Å². The average molecular weight is 371 g/mol. The largest absolute Gasteiger partial charge is 0.351 e. The smallest absolute Gasteiger partial charge is 0.230 e. The van der Waals surface area contributed by atoms with Crippen LogP contribution in [0.15, 0.2) is 41.8 Å². The number of rotatable bonds is 8. The van der Waals surface area contributed by atoms with Crippen molar-refractivity contribution in [2.24, 2.45) is 5.14 Å². The third-order valence-corrected chi connectivity index (χ3v) is 5.71. The van der Waals surface area contributed by atoms with Gasteiger partial charge in [0.1, 0.15) is 0 Å². The molecule has 0 atom stereocenters. The Morgan fingerprint density at radius 2 is 1.87 bits per heavy atom. The lowest BCUT2D eigenvalue weighted by molar-refractivity contribution is -0.118. The Balaban J connectivity index is 1.71. The Bertz CT molecular complexity index is 726. The molecular formula is C15H18N2O3S3. The van der Waals surface area contributed by atoms with Crippen molar-refractivity contribution in [1.82, 2.24) is 5.32 Å². The number of nitrogens with two attached hydrogens (primary N) is 1. The molecule has 124 valence electrons. The zero-order valence-electron chi connectivity index (χ0n) is 12.4. The molecule has 0 aliphatic rings. The minimum atomic E-state index is -3.52. The Labute approximate surface area is 144 Å². The van der Waals surface area contributed by atoms with Crippen LogP contribution in [0.1, 0.15) is 16.0 Å². The lowest BCUT2D eigenvalue weighted by atomic mass is 10.1. The van der Waals surface area contributed by atoms with Crippen molar-refractivity contribution in [2.75, 3.05) is 5.75 Å². The van der Waals surface area contributed by atoms with Gasteiger partial charge in [0.2, 0.25) is 15.9 Å². The maximum Gasteiger partial charge on any atom is 0.230 e. The third kappa shape index (κ3) is 7.17. The second-order valence-electron chi connectivity index (χ2n) is 4.97. The third-order valence-electron chi connectivity index (χ3n) is 2.94. The van der Waals surface area contributed by atoms with Gasteiger partial charge >= 0.3 is 0 Å². The van der Waals surface area contributed by atoms with E-state index >= 15 is 0 Å². The van der Waals surface area contributed by atoms with Crippen LogP contribution in [0.3, 0.4) is 0 Å². The fourth-order valence-corrected chi connectivity index (χ4v) is 4.23. The molecule has 0 aliphatic carbocycles. The highest BCUT2D eigenvalue weighted by Crippen LogP contribution is 2.16. The first-order chi connectivity index (χ1) is 10.9. The van der Waals surface area contributed by atoms with Crippen LogP contribution in [-0.2, 0) is 32.9 Å². The lowest BCUT2D eigenvalue weighted by Crippen LogP contribution is -2.24. The number of hydrogen-bond donors (Lipinski definition) is 2. The molecule has 1 aromatic heterocycles. The molecule has 0 bridgehead atoms. The zero-order chi connectivity index (χ0) is 16.7. The number of hydrogen-bond acceptors (Lipinski definition) is 5. The van der Waals surface area contributed by atoms with E-state index in [2.05, 4.69) is 11.4 Å². The molecule has 23 heavy (non-hydrogen) atoms. The van der Waals surface area contributed by atoms with E-state index in [-0.39, 0.29) is 11.7 Å². The van der Waals surface area contributed by atoms with Crippen LogP contribution >= 0.6 is 23.1 Å². The van der Waals surface area contributed by atoms with Crippen molar-refractivity contribution >= 4 is 39.0 Å². The van der Waals surface area contributed by atoms with Crippen molar-refractivity contribution in [3.05, 3.63) is 57.8 Å². The summed E-state index contributed by atoms with van der Waals surface area (Å²) in [6, 6.07) is 11.0. The molecule has 5 nitrogen and oxygen atoms in total. The predicted molar refractivity (Wildman–Crippen MR) is 95.6 cm³/mol. The maximum atomic E-state index is 11.8. The number of thiophene rings is 1. The van der Waals surface area contributed by atoms with E-state index in [4.69, 9.17) is 5.14 Å². The van der Waals surface area contributed by atoms with Crippen LogP contribution in [0.25, 0.3) is 0 Å².